The first-order valence-electron chi connectivity index (χ1n) is 6.32. The molecule has 1 N–H and O–H groups in total. The van der Waals surface area contributed by atoms with Crippen LogP contribution in [0.2, 0.25) is 0 Å². The van der Waals surface area contributed by atoms with Gasteiger partial charge in [0.2, 0.25) is 0 Å². The highest BCUT2D eigenvalue weighted by molar-refractivity contribution is 5.97. The normalized spacial score (nSPS) is 28.0. The van der Waals surface area contributed by atoms with Gasteiger partial charge in [0.25, 0.3) is 0 Å². The Kier molecular flexibility index (Phi) is 3.95. The summed E-state index contributed by atoms with van der Waals surface area (Å²) >= 11 is 0. The molecule has 0 radical (unpaired) electrons. The van der Waals surface area contributed by atoms with Crippen LogP contribution in [0.15, 0.2) is 11.6 Å². The fourth-order valence-electron chi connectivity index (χ4n) is 2.56. The van der Waals surface area contributed by atoms with Gasteiger partial charge >= 0.3 is 0 Å². The second-order valence-corrected chi connectivity index (χ2v) is 4.74. The van der Waals surface area contributed by atoms with Gasteiger partial charge in [-0.1, -0.05) is 18.9 Å². The molecule has 84 valence electrons. The zero-order valence-electron chi connectivity index (χ0n) is 9.43. The van der Waals surface area contributed by atoms with Gasteiger partial charge < -0.3 is 5.32 Å². The number of nitrogens with one attached hydrogen (secondary N) is 1. The lowest BCUT2D eigenvalue weighted by molar-refractivity contribution is -0.118. The molecule has 1 heterocycles. The summed E-state index contributed by atoms with van der Waals surface area (Å²) in [5.74, 6) is 0.706. The standard InChI is InChI=1S/C13H21NO/c15-13(12-8-9-14-10-12)11-6-4-2-1-3-5-7-11/h6,12,14H,1-5,7-10H2. The number of hydrogen-bond donors (Lipinski definition) is 1. The quantitative estimate of drug-likeness (QED) is 0.753. The summed E-state index contributed by atoms with van der Waals surface area (Å²) in [5, 5.41) is 3.27. The third kappa shape index (κ3) is 2.91. The lowest BCUT2D eigenvalue weighted by atomic mass is 9.90. The number of ketones is 1. The van der Waals surface area contributed by atoms with E-state index in [0.717, 1.165) is 37.9 Å². The summed E-state index contributed by atoms with van der Waals surface area (Å²) in [6.45, 7) is 1.92. The highest BCUT2D eigenvalue weighted by Crippen LogP contribution is 2.22. The molecule has 1 fully saturated rings. The van der Waals surface area contributed by atoms with Crippen LogP contribution in [0.3, 0.4) is 0 Å². The molecule has 2 nitrogen and oxygen atoms in total. The molecular formula is C13H21NO. The molecule has 0 aromatic rings. The van der Waals surface area contributed by atoms with Crippen molar-refractivity contribution in [1.82, 2.24) is 5.32 Å². The highest BCUT2D eigenvalue weighted by atomic mass is 16.1. The molecular weight excluding hydrogens is 186 g/mol. The van der Waals surface area contributed by atoms with Crippen LogP contribution < -0.4 is 5.32 Å². The smallest absolute Gasteiger partial charge is 0.162 e. The lowest BCUT2D eigenvalue weighted by Gasteiger charge is -2.13. The Labute approximate surface area is 92.1 Å². The molecule has 0 aromatic heterocycles. The van der Waals surface area contributed by atoms with Crippen molar-refractivity contribution < 1.29 is 4.79 Å². The van der Waals surface area contributed by atoms with E-state index >= 15 is 0 Å². The second kappa shape index (κ2) is 5.45. The van der Waals surface area contributed by atoms with Gasteiger partial charge in [0.05, 0.1) is 0 Å². The number of allylic oxidation sites excluding steroid dienone is 2. The topological polar surface area (TPSA) is 29.1 Å². The van der Waals surface area contributed by atoms with Crippen molar-refractivity contribution in [2.75, 3.05) is 13.1 Å². The molecule has 1 saturated heterocycles. The highest BCUT2D eigenvalue weighted by Gasteiger charge is 2.24. The van der Waals surface area contributed by atoms with E-state index in [4.69, 9.17) is 0 Å². The zero-order valence-corrected chi connectivity index (χ0v) is 9.43. The predicted octanol–water partition coefficient (Wildman–Crippen LogP) is 2.45. The van der Waals surface area contributed by atoms with Gasteiger partial charge in [-0.25, -0.2) is 0 Å². The molecule has 0 saturated carbocycles. The summed E-state index contributed by atoms with van der Waals surface area (Å²) in [4.78, 5) is 12.2. The van der Waals surface area contributed by atoms with Crippen molar-refractivity contribution in [3.05, 3.63) is 11.6 Å². The first-order chi connectivity index (χ1) is 7.38. The predicted molar refractivity (Wildman–Crippen MR) is 61.8 cm³/mol. The van der Waals surface area contributed by atoms with Crippen molar-refractivity contribution in [3.63, 3.8) is 0 Å². The Morgan fingerprint density at radius 3 is 2.93 bits per heavy atom. The van der Waals surface area contributed by atoms with Crippen LogP contribution in [0.25, 0.3) is 0 Å². The van der Waals surface area contributed by atoms with Crippen molar-refractivity contribution in [2.24, 2.45) is 5.92 Å². The Hall–Kier alpha value is -0.630. The molecule has 1 aliphatic carbocycles. The summed E-state index contributed by atoms with van der Waals surface area (Å²) < 4.78 is 0. The first-order valence-corrected chi connectivity index (χ1v) is 6.32. The van der Waals surface area contributed by atoms with E-state index in [1.807, 2.05) is 0 Å². The van der Waals surface area contributed by atoms with Crippen LogP contribution in [0.1, 0.15) is 44.9 Å². The summed E-state index contributed by atoms with van der Waals surface area (Å²) in [5.41, 5.74) is 1.13. The molecule has 0 spiro atoms. The van der Waals surface area contributed by atoms with Crippen LogP contribution in [0.5, 0.6) is 0 Å². The van der Waals surface area contributed by atoms with E-state index in [9.17, 15) is 4.79 Å². The molecule has 15 heavy (non-hydrogen) atoms. The van der Waals surface area contributed by atoms with Crippen molar-refractivity contribution >= 4 is 5.78 Å². The number of hydrogen-bond acceptors (Lipinski definition) is 2. The van der Waals surface area contributed by atoms with Crippen LogP contribution in [-0.2, 0) is 4.79 Å². The average molecular weight is 207 g/mol. The van der Waals surface area contributed by atoms with E-state index < -0.39 is 0 Å². The SMILES string of the molecule is O=C(C1=CCCCCCC1)C1CCNC1. The molecule has 0 bridgehead atoms. The Morgan fingerprint density at radius 2 is 2.13 bits per heavy atom. The van der Waals surface area contributed by atoms with E-state index in [0.29, 0.717) is 5.78 Å². The molecule has 2 heteroatoms. The maximum Gasteiger partial charge on any atom is 0.162 e. The number of carbonyl (C=O) groups excluding carboxylic acids is 1. The van der Waals surface area contributed by atoms with Crippen LogP contribution >= 0.6 is 0 Å². The molecule has 1 atom stereocenters. The maximum absolute atomic E-state index is 12.2. The van der Waals surface area contributed by atoms with Gasteiger partial charge in [-0.15, -0.1) is 0 Å². The fraction of sp³-hybridized carbons (Fsp3) is 0.769. The monoisotopic (exact) mass is 207 g/mol. The first kappa shape index (κ1) is 10.9. The van der Waals surface area contributed by atoms with Crippen molar-refractivity contribution in [3.8, 4) is 0 Å². The zero-order chi connectivity index (χ0) is 10.5. The molecule has 1 aliphatic heterocycles. The van der Waals surface area contributed by atoms with Crippen LogP contribution in [-0.4, -0.2) is 18.9 Å². The van der Waals surface area contributed by atoms with Crippen LogP contribution in [0, 0.1) is 5.92 Å². The molecule has 2 aliphatic rings. The minimum Gasteiger partial charge on any atom is -0.316 e. The van der Waals surface area contributed by atoms with Crippen molar-refractivity contribution in [2.45, 2.75) is 44.9 Å². The number of rotatable bonds is 2. The number of Topliss-reactive ketones (excluding diaryl/α,β-unsaturated/α-hetero) is 1. The second-order valence-electron chi connectivity index (χ2n) is 4.74. The van der Waals surface area contributed by atoms with Gasteiger partial charge in [0, 0.05) is 12.5 Å². The third-order valence-electron chi connectivity index (χ3n) is 3.54. The lowest BCUT2D eigenvalue weighted by Crippen LogP contribution is -2.19. The van der Waals surface area contributed by atoms with E-state index in [1.54, 1.807) is 0 Å². The molecule has 0 amide bonds. The van der Waals surface area contributed by atoms with Gasteiger partial charge in [0.1, 0.15) is 0 Å². The Bertz CT molecular complexity index is 251. The van der Waals surface area contributed by atoms with Gasteiger partial charge in [-0.3, -0.25) is 4.79 Å². The summed E-state index contributed by atoms with van der Waals surface area (Å²) in [7, 11) is 0. The Balaban J connectivity index is 1.96. The van der Waals surface area contributed by atoms with Crippen LogP contribution in [0.4, 0.5) is 0 Å². The van der Waals surface area contributed by atoms with E-state index in [2.05, 4.69) is 11.4 Å². The summed E-state index contributed by atoms with van der Waals surface area (Å²) in [6.07, 6.45) is 10.5. The van der Waals surface area contributed by atoms with Crippen molar-refractivity contribution in [1.29, 1.82) is 0 Å². The van der Waals surface area contributed by atoms with E-state index in [1.165, 1.54) is 25.7 Å². The van der Waals surface area contributed by atoms with E-state index in [-0.39, 0.29) is 5.92 Å². The minimum absolute atomic E-state index is 0.274. The minimum atomic E-state index is 0.274. The van der Waals surface area contributed by atoms with Gasteiger partial charge in [-0.05, 0) is 44.2 Å². The maximum atomic E-state index is 12.2. The third-order valence-corrected chi connectivity index (χ3v) is 3.54. The summed E-state index contributed by atoms with van der Waals surface area (Å²) in [6, 6.07) is 0. The Morgan fingerprint density at radius 1 is 1.27 bits per heavy atom. The fourth-order valence-corrected chi connectivity index (χ4v) is 2.56. The van der Waals surface area contributed by atoms with Gasteiger partial charge in [-0.2, -0.15) is 0 Å². The molecule has 2 rings (SSSR count). The molecule has 1 unspecified atom stereocenters. The average Bonchev–Trinajstić information content (AvgIpc) is 2.68. The largest absolute Gasteiger partial charge is 0.316 e. The molecule has 0 aromatic carbocycles. The van der Waals surface area contributed by atoms with Gasteiger partial charge in [0.15, 0.2) is 5.78 Å². The number of carbonyl (C=O) groups is 1.